The number of nitrogens with two attached hydrogens (primary N) is 1. The van der Waals surface area contributed by atoms with Crippen molar-refractivity contribution in [2.75, 3.05) is 6.61 Å². The Morgan fingerprint density at radius 1 is 1.27 bits per heavy atom. The molecule has 0 atom stereocenters. The van der Waals surface area contributed by atoms with Crippen LogP contribution in [0.1, 0.15) is 25.7 Å². The van der Waals surface area contributed by atoms with E-state index in [1.54, 1.807) is 0 Å². The van der Waals surface area contributed by atoms with Crippen LogP contribution in [0, 0.1) is 0 Å². The minimum absolute atomic E-state index is 0.156. The van der Waals surface area contributed by atoms with Gasteiger partial charge in [-0.1, -0.05) is 15.9 Å². The maximum Gasteiger partial charge on any atom is 0.119 e. The Morgan fingerprint density at radius 3 is 2.53 bits per heavy atom. The van der Waals surface area contributed by atoms with E-state index in [4.69, 9.17) is 10.5 Å². The van der Waals surface area contributed by atoms with Gasteiger partial charge in [-0.05, 0) is 49.9 Å². The summed E-state index contributed by atoms with van der Waals surface area (Å²) in [5, 5.41) is 0. The third-order valence-electron chi connectivity index (χ3n) is 2.79. The van der Waals surface area contributed by atoms with E-state index < -0.39 is 0 Å². The average molecular weight is 270 g/mol. The lowest BCUT2D eigenvalue weighted by molar-refractivity contribution is 0.299. The monoisotopic (exact) mass is 269 g/mol. The Kier molecular flexibility index (Phi) is 3.32. The van der Waals surface area contributed by atoms with Gasteiger partial charge >= 0.3 is 0 Å². The Morgan fingerprint density at radius 2 is 1.93 bits per heavy atom. The fourth-order valence-corrected chi connectivity index (χ4v) is 1.82. The van der Waals surface area contributed by atoms with Crippen LogP contribution in [0.5, 0.6) is 5.75 Å². The Balaban J connectivity index is 1.67. The van der Waals surface area contributed by atoms with Crippen LogP contribution >= 0.6 is 15.9 Å². The third-order valence-corrected chi connectivity index (χ3v) is 3.32. The zero-order chi connectivity index (χ0) is 10.7. The smallest absolute Gasteiger partial charge is 0.119 e. The summed E-state index contributed by atoms with van der Waals surface area (Å²) in [6.45, 7) is 0.764. The first-order valence-electron chi connectivity index (χ1n) is 5.35. The van der Waals surface area contributed by atoms with E-state index in [1.165, 1.54) is 12.8 Å². The first kappa shape index (κ1) is 11.0. The number of ether oxygens (including phenoxy) is 1. The van der Waals surface area contributed by atoms with Crippen molar-refractivity contribution >= 4 is 15.9 Å². The van der Waals surface area contributed by atoms with E-state index >= 15 is 0 Å². The van der Waals surface area contributed by atoms with Crippen LogP contribution in [-0.2, 0) is 0 Å². The van der Waals surface area contributed by atoms with Gasteiger partial charge in [-0.25, -0.2) is 0 Å². The summed E-state index contributed by atoms with van der Waals surface area (Å²) < 4.78 is 6.69. The van der Waals surface area contributed by atoms with Crippen molar-refractivity contribution in [1.29, 1.82) is 0 Å². The topological polar surface area (TPSA) is 35.2 Å². The molecule has 0 saturated heterocycles. The standard InChI is InChI=1S/C12H16BrNO/c13-10-2-4-11(5-3-10)15-9-1-6-12(14)7-8-12/h2-5H,1,6-9,14H2. The van der Waals surface area contributed by atoms with E-state index in [-0.39, 0.29) is 5.54 Å². The van der Waals surface area contributed by atoms with E-state index in [1.807, 2.05) is 24.3 Å². The molecule has 0 unspecified atom stereocenters. The first-order chi connectivity index (χ1) is 7.18. The Hall–Kier alpha value is -0.540. The minimum atomic E-state index is 0.156. The van der Waals surface area contributed by atoms with Gasteiger partial charge in [-0.15, -0.1) is 0 Å². The maximum absolute atomic E-state index is 5.98. The van der Waals surface area contributed by atoms with Gasteiger partial charge in [0.05, 0.1) is 6.61 Å². The van der Waals surface area contributed by atoms with Crippen LogP contribution in [0.25, 0.3) is 0 Å². The number of rotatable bonds is 5. The molecule has 1 fully saturated rings. The van der Waals surface area contributed by atoms with E-state index in [0.29, 0.717) is 0 Å². The van der Waals surface area contributed by atoms with Gasteiger partial charge in [0.1, 0.15) is 5.75 Å². The molecule has 0 heterocycles. The Labute approximate surface area is 98.9 Å². The first-order valence-corrected chi connectivity index (χ1v) is 6.15. The molecule has 0 aromatic heterocycles. The lowest BCUT2D eigenvalue weighted by Gasteiger charge is -2.09. The van der Waals surface area contributed by atoms with Crippen molar-refractivity contribution in [1.82, 2.24) is 0 Å². The van der Waals surface area contributed by atoms with Crippen LogP contribution in [0.4, 0.5) is 0 Å². The second-order valence-electron chi connectivity index (χ2n) is 4.27. The predicted octanol–water partition coefficient (Wildman–Crippen LogP) is 3.10. The molecule has 1 aliphatic rings. The molecule has 1 saturated carbocycles. The second-order valence-corrected chi connectivity index (χ2v) is 5.18. The van der Waals surface area contributed by atoms with Crippen molar-refractivity contribution in [2.45, 2.75) is 31.2 Å². The molecule has 0 radical (unpaired) electrons. The van der Waals surface area contributed by atoms with Crippen LogP contribution in [0.15, 0.2) is 28.7 Å². The molecule has 0 bridgehead atoms. The fourth-order valence-electron chi connectivity index (χ4n) is 1.56. The summed E-state index contributed by atoms with van der Waals surface area (Å²) in [6, 6.07) is 7.92. The molecule has 1 aromatic carbocycles. The lowest BCUT2D eigenvalue weighted by Crippen LogP contribution is -2.22. The highest BCUT2D eigenvalue weighted by Crippen LogP contribution is 2.36. The number of halogens is 1. The molecule has 0 aliphatic heterocycles. The van der Waals surface area contributed by atoms with E-state index in [2.05, 4.69) is 15.9 Å². The number of benzene rings is 1. The van der Waals surface area contributed by atoms with Gasteiger partial charge in [0.15, 0.2) is 0 Å². The molecule has 0 spiro atoms. The van der Waals surface area contributed by atoms with Crippen molar-refractivity contribution in [2.24, 2.45) is 5.73 Å². The summed E-state index contributed by atoms with van der Waals surface area (Å²) in [4.78, 5) is 0. The molecular weight excluding hydrogens is 254 g/mol. The highest BCUT2D eigenvalue weighted by atomic mass is 79.9. The number of hydrogen-bond donors (Lipinski definition) is 1. The zero-order valence-corrected chi connectivity index (χ0v) is 10.3. The summed E-state index contributed by atoms with van der Waals surface area (Å²) in [7, 11) is 0. The molecule has 1 aromatic rings. The van der Waals surface area contributed by atoms with E-state index in [0.717, 1.165) is 29.7 Å². The van der Waals surface area contributed by atoms with Gasteiger partial charge < -0.3 is 10.5 Å². The SMILES string of the molecule is NC1(CCCOc2ccc(Br)cc2)CC1. The molecule has 0 amide bonds. The predicted molar refractivity (Wildman–Crippen MR) is 65.0 cm³/mol. The second kappa shape index (κ2) is 4.54. The molecule has 2 rings (SSSR count). The van der Waals surface area contributed by atoms with Gasteiger partial charge in [0, 0.05) is 10.0 Å². The van der Waals surface area contributed by atoms with Crippen molar-refractivity contribution in [3.8, 4) is 5.75 Å². The molecule has 15 heavy (non-hydrogen) atoms. The van der Waals surface area contributed by atoms with Crippen molar-refractivity contribution < 1.29 is 4.74 Å². The Bertz CT molecular complexity index is 319. The maximum atomic E-state index is 5.98. The van der Waals surface area contributed by atoms with Gasteiger partial charge in [0.2, 0.25) is 0 Å². The molecular formula is C12H16BrNO. The normalized spacial score (nSPS) is 17.5. The highest BCUT2D eigenvalue weighted by Gasteiger charge is 2.37. The summed E-state index contributed by atoms with van der Waals surface area (Å²) >= 11 is 3.39. The van der Waals surface area contributed by atoms with Crippen molar-refractivity contribution in [3.05, 3.63) is 28.7 Å². The van der Waals surface area contributed by atoms with E-state index in [9.17, 15) is 0 Å². The molecule has 2 nitrogen and oxygen atoms in total. The van der Waals surface area contributed by atoms with Gasteiger partial charge in [-0.2, -0.15) is 0 Å². The largest absolute Gasteiger partial charge is 0.494 e. The summed E-state index contributed by atoms with van der Waals surface area (Å²) in [6.07, 6.45) is 4.51. The van der Waals surface area contributed by atoms with Crippen LogP contribution in [0.2, 0.25) is 0 Å². The number of hydrogen-bond acceptors (Lipinski definition) is 2. The van der Waals surface area contributed by atoms with Crippen LogP contribution in [-0.4, -0.2) is 12.1 Å². The molecule has 82 valence electrons. The summed E-state index contributed by atoms with van der Waals surface area (Å²) in [5.41, 5.74) is 6.14. The van der Waals surface area contributed by atoms with Crippen LogP contribution < -0.4 is 10.5 Å². The molecule has 3 heteroatoms. The molecule has 1 aliphatic carbocycles. The van der Waals surface area contributed by atoms with Crippen LogP contribution in [0.3, 0.4) is 0 Å². The summed E-state index contributed by atoms with van der Waals surface area (Å²) in [5.74, 6) is 0.931. The average Bonchev–Trinajstić information content (AvgIpc) is 2.95. The highest BCUT2D eigenvalue weighted by molar-refractivity contribution is 9.10. The molecule has 2 N–H and O–H groups in total. The fraction of sp³-hybridized carbons (Fsp3) is 0.500. The minimum Gasteiger partial charge on any atom is -0.494 e. The lowest BCUT2D eigenvalue weighted by atomic mass is 10.1. The zero-order valence-electron chi connectivity index (χ0n) is 8.71. The van der Waals surface area contributed by atoms with Crippen molar-refractivity contribution in [3.63, 3.8) is 0 Å². The van der Waals surface area contributed by atoms with Gasteiger partial charge in [0.25, 0.3) is 0 Å². The quantitative estimate of drug-likeness (QED) is 0.834. The third kappa shape index (κ3) is 3.50. The van der Waals surface area contributed by atoms with Gasteiger partial charge in [-0.3, -0.25) is 0 Å².